The van der Waals surface area contributed by atoms with E-state index in [2.05, 4.69) is 20.8 Å². The molecule has 0 fully saturated rings. The van der Waals surface area contributed by atoms with Crippen molar-refractivity contribution < 1.29 is 4.79 Å². The molecule has 1 nitrogen and oxygen atoms in total. The third-order valence-electron chi connectivity index (χ3n) is 3.36. The van der Waals surface area contributed by atoms with E-state index < -0.39 is 0 Å². The Morgan fingerprint density at radius 3 is 1.92 bits per heavy atom. The van der Waals surface area contributed by atoms with Gasteiger partial charge < -0.3 is 0 Å². The van der Waals surface area contributed by atoms with Crippen molar-refractivity contribution in [2.45, 2.75) is 66.2 Å². The molecule has 13 heavy (non-hydrogen) atoms. The van der Waals surface area contributed by atoms with Crippen LogP contribution in [0.4, 0.5) is 0 Å². The van der Waals surface area contributed by atoms with E-state index in [0.29, 0.717) is 5.78 Å². The number of unbranched alkanes of at least 4 members (excludes halogenated alkanes) is 2. The van der Waals surface area contributed by atoms with Gasteiger partial charge in [0.2, 0.25) is 0 Å². The van der Waals surface area contributed by atoms with Crippen LogP contribution in [0.1, 0.15) is 66.2 Å². The first-order chi connectivity index (χ1) is 6.13. The molecular formula is C12H24O. The zero-order valence-corrected chi connectivity index (χ0v) is 9.65. The van der Waals surface area contributed by atoms with Crippen LogP contribution in [0.25, 0.3) is 0 Å². The third-order valence-corrected chi connectivity index (χ3v) is 3.36. The smallest absolute Gasteiger partial charge is 0.135 e. The largest absolute Gasteiger partial charge is 0.299 e. The van der Waals surface area contributed by atoms with E-state index in [1.54, 1.807) is 6.92 Å². The Balaban J connectivity index is 4.14. The monoisotopic (exact) mass is 184 g/mol. The number of hydrogen-bond donors (Lipinski definition) is 0. The predicted molar refractivity (Wildman–Crippen MR) is 57.8 cm³/mol. The van der Waals surface area contributed by atoms with Crippen LogP contribution in [-0.4, -0.2) is 5.78 Å². The summed E-state index contributed by atoms with van der Waals surface area (Å²) in [4.78, 5) is 11.5. The highest BCUT2D eigenvalue weighted by atomic mass is 16.1. The van der Waals surface area contributed by atoms with Crippen molar-refractivity contribution in [1.82, 2.24) is 0 Å². The lowest BCUT2D eigenvalue weighted by molar-refractivity contribution is -0.127. The van der Waals surface area contributed by atoms with Crippen LogP contribution in [0.3, 0.4) is 0 Å². The molecule has 0 amide bonds. The van der Waals surface area contributed by atoms with Gasteiger partial charge in [-0.3, -0.25) is 4.79 Å². The summed E-state index contributed by atoms with van der Waals surface area (Å²) in [6.45, 7) is 8.22. The Hall–Kier alpha value is -0.330. The third kappa shape index (κ3) is 3.50. The van der Waals surface area contributed by atoms with Crippen LogP contribution in [0.15, 0.2) is 0 Å². The molecule has 0 heterocycles. The van der Waals surface area contributed by atoms with Crippen molar-refractivity contribution in [2.24, 2.45) is 5.41 Å². The van der Waals surface area contributed by atoms with Crippen LogP contribution in [0.5, 0.6) is 0 Å². The van der Waals surface area contributed by atoms with Crippen molar-refractivity contribution in [3.63, 3.8) is 0 Å². The second-order valence-electron chi connectivity index (χ2n) is 4.00. The maximum absolute atomic E-state index is 11.5. The summed E-state index contributed by atoms with van der Waals surface area (Å²) in [5.41, 5.74) is -0.00479. The Labute approximate surface area is 82.9 Å². The van der Waals surface area contributed by atoms with E-state index in [0.717, 1.165) is 19.3 Å². The normalized spacial score (nSPS) is 11.7. The summed E-state index contributed by atoms with van der Waals surface area (Å²) in [6, 6.07) is 0. The quantitative estimate of drug-likeness (QED) is 0.547. The maximum atomic E-state index is 11.5. The van der Waals surface area contributed by atoms with Gasteiger partial charge in [-0.2, -0.15) is 0 Å². The Morgan fingerprint density at radius 1 is 1.08 bits per heavy atom. The van der Waals surface area contributed by atoms with Gasteiger partial charge in [-0.25, -0.2) is 0 Å². The van der Waals surface area contributed by atoms with Crippen LogP contribution >= 0.6 is 0 Å². The molecule has 0 rings (SSSR count). The highest BCUT2D eigenvalue weighted by Crippen LogP contribution is 2.33. The minimum Gasteiger partial charge on any atom is -0.299 e. The first-order valence-electron chi connectivity index (χ1n) is 5.64. The lowest BCUT2D eigenvalue weighted by atomic mass is 9.75. The van der Waals surface area contributed by atoms with Gasteiger partial charge in [0.25, 0.3) is 0 Å². The topological polar surface area (TPSA) is 17.1 Å². The summed E-state index contributed by atoms with van der Waals surface area (Å²) >= 11 is 0. The zero-order chi connectivity index (χ0) is 10.3. The average Bonchev–Trinajstić information content (AvgIpc) is 2.13. The van der Waals surface area contributed by atoms with Gasteiger partial charge in [0, 0.05) is 5.41 Å². The summed E-state index contributed by atoms with van der Waals surface area (Å²) in [5.74, 6) is 0.383. The van der Waals surface area contributed by atoms with Crippen LogP contribution in [0, 0.1) is 5.41 Å². The molecule has 0 aromatic rings. The molecule has 0 spiro atoms. The summed E-state index contributed by atoms with van der Waals surface area (Å²) in [5, 5.41) is 0. The number of carbonyl (C=O) groups is 1. The molecule has 0 aliphatic heterocycles. The Bertz CT molecular complexity index is 145. The van der Waals surface area contributed by atoms with Gasteiger partial charge in [0.1, 0.15) is 5.78 Å². The number of carbonyl (C=O) groups excluding carboxylic acids is 1. The summed E-state index contributed by atoms with van der Waals surface area (Å²) in [7, 11) is 0. The minimum absolute atomic E-state index is 0.00479. The van der Waals surface area contributed by atoms with E-state index in [4.69, 9.17) is 0 Å². The highest BCUT2D eigenvalue weighted by molar-refractivity contribution is 5.82. The number of rotatable bonds is 7. The van der Waals surface area contributed by atoms with Crippen molar-refractivity contribution in [3.8, 4) is 0 Å². The number of Topliss-reactive ketones (excluding diaryl/α,β-unsaturated/α-hetero) is 1. The van der Waals surface area contributed by atoms with E-state index in [9.17, 15) is 4.79 Å². The van der Waals surface area contributed by atoms with Crippen molar-refractivity contribution >= 4 is 5.78 Å². The van der Waals surface area contributed by atoms with E-state index in [1.165, 1.54) is 19.3 Å². The Kier molecular flexibility index (Phi) is 6.02. The summed E-state index contributed by atoms with van der Waals surface area (Å²) in [6.07, 6.45) is 6.79. The molecule has 0 saturated heterocycles. The fourth-order valence-electron chi connectivity index (χ4n) is 1.99. The number of ketones is 1. The fraction of sp³-hybridized carbons (Fsp3) is 0.917. The molecule has 0 radical (unpaired) electrons. The minimum atomic E-state index is -0.00479. The second kappa shape index (κ2) is 6.17. The second-order valence-corrected chi connectivity index (χ2v) is 4.00. The van der Waals surface area contributed by atoms with Crippen molar-refractivity contribution in [2.75, 3.05) is 0 Å². The standard InChI is InChI=1S/C12H24O/c1-5-8-9-10-12(6-2,7-3)11(4)13/h5-10H2,1-4H3. The molecule has 1 heteroatoms. The summed E-state index contributed by atoms with van der Waals surface area (Å²) < 4.78 is 0. The first-order valence-corrected chi connectivity index (χ1v) is 5.64. The SMILES string of the molecule is CCCCCC(CC)(CC)C(C)=O. The molecule has 0 N–H and O–H groups in total. The maximum Gasteiger partial charge on any atom is 0.135 e. The molecule has 0 unspecified atom stereocenters. The van der Waals surface area contributed by atoms with Crippen LogP contribution < -0.4 is 0 Å². The first kappa shape index (κ1) is 12.7. The van der Waals surface area contributed by atoms with Gasteiger partial charge in [-0.15, -0.1) is 0 Å². The van der Waals surface area contributed by atoms with Crippen molar-refractivity contribution in [3.05, 3.63) is 0 Å². The van der Waals surface area contributed by atoms with E-state index >= 15 is 0 Å². The fourth-order valence-corrected chi connectivity index (χ4v) is 1.99. The molecule has 0 aromatic heterocycles. The van der Waals surface area contributed by atoms with Gasteiger partial charge in [0.05, 0.1) is 0 Å². The average molecular weight is 184 g/mol. The van der Waals surface area contributed by atoms with Gasteiger partial charge in [-0.05, 0) is 26.2 Å². The van der Waals surface area contributed by atoms with Gasteiger partial charge in [-0.1, -0.05) is 40.0 Å². The van der Waals surface area contributed by atoms with Gasteiger partial charge in [0.15, 0.2) is 0 Å². The molecule has 0 saturated carbocycles. The van der Waals surface area contributed by atoms with Crippen LogP contribution in [0.2, 0.25) is 0 Å². The zero-order valence-electron chi connectivity index (χ0n) is 9.65. The predicted octanol–water partition coefficient (Wildman–Crippen LogP) is 3.96. The van der Waals surface area contributed by atoms with Crippen LogP contribution in [-0.2, 0) is 4.79 Å². The molecule has 0 aliphatic carbocycles. The van der Waals surface area contributed by atoms with Gasteiger partial charge >= 0.3 is 0 Å². The number of hydrogen-bond acceptors (Lipinski definition) is 1. The van der Waals surface area contributed by atoms with E-state index in [-0.39, 0.29) is 5.41 Å². The molecule has 0 aliphatic rings. The highest BCUT2D eigenvalue weighted by Gasteiger charge is 2.30. The molecule has 0 atom stereocenters. The molecule has 0 bridgehead atoms. The molecule has 0 aromatic carbocycles. The molecule has 78 valence electrons. The van der Waals surface area contributed by atoms with E-state index in [1.807, 2.05) is 0 Å². The van der Waals surface area contributed by atoms with Crippen molar-refractivity contribution in [1.29, 1.82) is 0 Å². The lowest BCUT2D eigenvalue weighted by Crippen LogP contribution is -2.27. The molecular weight excluding hydrogens is 160 g/mol. The Morgan fingerprint density at radius 2 is 1.62 bits per heavy atom. The lowest BCUT2D eigenvalue weighted by Gasteiger charge is -2.28.